The average molecular weight is 481 g/mol. The van der Waals surface area contributed by atoms with Crippen LogP contribution in [0.5, 0.6) is 0 Å². The summed E-state index contributed by atoms with van der Waals surface area (Å²) in [5.41, 5.74) is 4.47. The average Bonchev–Trinajstić information content (AvgIpc) is 3.66. The van der Waals surface area contributed by atoms with E-state index in [4.69, 9.17) is 14.6 Å². The fourth-order valence-corrected chi connectivity index (χ4v) is 4.84. The first kappa shape index (κ1) is 24.7. The molecule has 2 amide bonds. The summed E-state index contributed by atoms with van der Waals surface area (Å²) in [5, 5.41) is 14.6. The van der Waals surface area contributed by atoms with Gasteiger partial charge >= 0.3 is 12.1 Å². The number of ether oxygens (including phenoxy) is 2. The zero-order valence-corrected chi connectivity index (χ0v) is 20.0. The third kappa shape index (κ3) is 5.82. The number of carboxylic acids is 1. The zero-order chi connectivity index (χ0) is 24.9. The van der Waals surface area contributed by atoms with Crippen LogP contribution in [0.4, 0.5) is 4.79 Å². The zero-order valence-electron chi connectivity index (χ0n) is 20.0. The highest BCUT2D eigenvalue weighted by Crippen LogP contribution is 2.44. The molecule has 0 spiro atoms. The van der Waals surface area contributed by atoms with Crippen molar-refractivity contribution in [1.82, 2.24) is 10.6 Å². The molecule has 1 saturated carbocycles. The van der Waals surface area contributed by atoms with Crippen LogP contribution >= 0.6 is 0 Å². The summed E-state index contributed by atoms with van der Waals surface area (Å²) in [5.74, 6) is -1.20. The molecule has 0 aliphatic heterocycles. The molecule has 2 aliphatic rings. The van der Waals surface area contributed by atoms with Crippen LogP contribution in [0.3, 0.4) is 0 Å². The van der Waals surface area contributed by atoms with E-state index in [0.29, 0.717) is 5.92 Å². The van der Waals surface area contributed by atoms with Gasteiger partial charge in [0.2, 0.25) is 5.91 Å². The molecule has 2 aromatic carbocycles. The number of nitrogens with one attached hydrogen (secondary N) is 2. The maximum absolute atomic E-state index is 12.9. The van der Waals surface area contributed by atoms with Gasteiger partial charge in [0, 0.05) is 19.6 Å². The van der Waals surface area contributed by atoms with Gasteiger partial charge in [-0.3, -0.25) is 9.59 Å². The van der Waals surface area contributed by atoms with Crippen LogP contribution < -0.4 is 10.6 Å². The van der Waals surface area contributed by atoms with Gasteiger partial charge in [-0.2, -0.15) is 0 Å². The lowest BCUT2D eigenvalue weighted by atomic mass is 9.98. The Labute approximate surface area is 205 Å². The highest BCUT2D eigenvalue weighted by molar-refractivity contribution is 5.86. The maximum Gasteiger partial charge on any atom is 0.407 e. The summed E-state index contributed by atoms with van der Waals surface area (Å²) in [6.45, 7) is 2.07. The predicted octanol–water partition coefficient (Wildman–Crippen LogP) is 3.55. The molecule has 8 heteroatoms. The molecule has 1 unspecified atom stereocenters. The number of hydrogen-bond acceptors (Lipinski definition) is 5. The lowest BCUT2D eigenvalue weighted by molar-refractivity contribution is -0.138. The molecule has 0 saturated heterocycles. The van der Waals surface area contributed by atoms with Crippen LogP contribution in [0.2, 0.25) is 0 Å². The molecular formula is C27H32N2O6. The minimum absolute atomic E-state index is 0.00918. The molecule has 2 aromatic rings. The van der Waals surface area contributed by atoms with E-state index < -0.39 is 30.1 Å². The number of hydrogen-bond donors (Lipinski definition) is 3. The SMILES string of the molecule is CO[C@H](C)[C@H](NC(=O)OCC1c2ccccc2-c2ccccc21)C(=O)NCC(CC(=O)O)C1CC1. The third-order valence-corrected chi connectivity index (χ3v) is 7.00. The number of rotatable bonds is 11. The molecule has 3 atom stereocenters. The van der Waals surface area contributed by atoms with Crippen molar-refractivity contribution < 1.29 is 29.0 Å². The van der Waals surface area contributed by atoms with Gasteiger partial charge in [0.15, 0.2) is 0 Å². The van der Waals surface area contributed by atoms with E-state index in [-0.39, 0.29) is 31.4 Å². The number of aliphatic carboxylic acids is 1. The van der Waals surface area contributed by atoms with Gasteiger partial charge in [-0.15, -0.1) is 0 Å². The van der Waals surface area contributed by atoms with Crippen LogP contribution in [-0.4, -0.2) is 55.5 Å². The van der Waals surface area contributed by atoms with Gasteiger partial charge in [0.05, 0.1) is 12.5 Å². The molecule has 186 valence electrons. The fraction of sp³-hybridized carbons (Fsp3) is 0.444. The number of carbonyl (C=O) groups is 3. The van der Waals surface area contributed by atoms with Gasteiger partial charge in [-0.25, -0.2) is 4.79 Å². The number of carboxylic acid groups (broad SMARTS) is 1. The van der Waals surface area contributed by atoms with Crippen LogP contribution in [0.15, 0.2) is 48.5 Å². The number of alkyl carbamates (subject to hydrolysis) is 1. The first-order valence-corrected chi connectivity index (χ1v) is 12.0. The van der Waals surface area contributed by atoms with E-state index in [1.165, 1.54) is 7.11 Å². The van der Waals surface area contributed by atoms with Crippen molar-refractivity contribution in [2.24, 2.45) is 11.8 Å². The van der Waals surface area contributed by atoms with E-state index in [1.54, 1.807) is 6.92 Å². The lowest BCUT2D eigenvalue weighted by Gasteiger charge is -2.25. The minimum Gasteiger partial charge on any atom is -0.481 e. The van der Waals surface area contributed by atoms with E-state index >= 15 is 0 Å². The molecule has 0 aromatic heterocycles. The van der Waals surface area contributed by atoms with E-state index in [9.17, 15) is 14.4 Å². The molecular weight excluding hydrogens is 448 g/mol. The standard InChI is InChI=1S/C27H32N2O6/c1-16(34-2)25(26(32)28-14-18(13-24(30)31)17-11-12-17)29-27(33)35-15-23-21-9-5-3-7-19(21)20-8-4-6-10-22(20)23/h3-10,16-18,23,25H,11-15H2,1-2H3,(H,28,32)(H,29,33)(H,30,31)/t16-,18?,25+/m1/s1. The minimum atomic E-state index is -0.972. The summed E-state index contributed by atoms with van der Waals surface area (Å²) in [7, 11) is 1.46. The molecule has 8 nitrogen and oxygen atoms in total. The van der Waals surface area contributed by atoms with Crippen molar-refractivity contribution in [1.29, 1.82) is 0 Å². The summed E-state index contributed by atoms with van der Waals surface area (Å²) < 4.78 is 10.9. The molecule has 35 heavy (non-hydrogen) atoms. The second-order valence-corrected chi connectivity index (χ2v) is 9.33. The van der Waals surface area contributed by atoms with Crippen molar-refractivity contribution in [3.05, 3.63) is 59.7 Å². The van der Waals surface area contributed by atoms with Crippen LogP contribution in [0.25, 0.3) is 11.1 Å². The van der Waals surface area contributed by atoms with Crippen molar-refractivity contribution in [2.75, 3.05) is 20.3 Å². The molecule has 0 heterocycles. The summed E-state index contributed by atoms with van der Waals surface area (Å²) in [6.07, 6.45) is 0.650. The van der Waals surface area contributed by atoms with Gasteiger partial charge in [-0.05, 0) is 53.9 Å². The highest BCUT2D eigenvalue weighted by atomic mass is 16.5. The Balaban J connectivity index is 1.37. The summed E-state index contributed by atoms with van der Waals surface area (Å²) in [4.78, 5) is 36.8. The lowest BCUT2D eigenvalue weighted by Crippen LogP contribution is -2.53. The first-order valence-electron chi connectivity index (χ1n) is 12.0. The molecule has 0 bridgehead atoms. The second kappa shape index (κ2) is 10.9. The van der Waals surface area contributed by atoms with Crippen molar-refractivity contribution in [3.8, 4) is 11.1 Å². The summed E-state index contributed by atoms with van der Waals surface area (Å²) >= 11 is 0. The third-order valence-electron chi connectivity index (χ3n) is 7.00. The molecule has 0 radical (unpaired) electrons. The highest BCUT2D eigenvalue weighted by Gasteiger charge is 2.35. The number of amides is 2. The second-order valence-electron chi connectivity index (χ2n) is 9.33. The van der Waals surface area contributed by atoms with Gasteiger partial charge in [0.1, 0.15) is 12.6 Å². The van der Waals surface area contributed by atoms with Gasteiger partial charge in [-0.1, -0.05) is 48.5 Å². The Morgan fingerprint density at radius 3 is 2.17 bits per heavy atom. The summed E-state index contributed by atoms with van der Waals surface area (Å²) in [6, 6.07) is 15.2. The van der Waals surface area contributed by atoms with Crippen molar-refractivity contribution in [2.45, 2.75) is 44.2 Å². The Hall–Kier alpha value is -3.39. The van der Waals surface area contributed by atoms with Crippen molar-refractivity contribution in [3.63, 3.8) is 0 Å². The molecule has 2 aliphatic carbocycles. The van der Waals surface area contributed by atoms with Crippen LogP contribution in [0.1, 0.15) is 43.2 Å². The molecule has 4 rings (SSSR count). The topological polar surface area (TPSA) is 114 Å². The first-order chi connectivity index (χ1) is 16.9. The monoisotopic (exact) mass is 480 g/mol. The van der Waals surface area contributed by atoms with Crippen molar-refractivity contribution >= 4 is 18.0 Å². The Bertz CT molecular complexity index is 1040. The smallest absolute Gasteiger partial charge is 0.407 e. The van der Waals surface area contributed by atoms with Gasteiger partial charge < -0.3 is 25.2 Å². The Morgan fingerprint density at radius 1 is 1.03 bits per heavy atom. The van der Waals surface area contributed by atoms with Crippen LogP contribution in [-0.2, 0) is 19.1 Å². The maximum atomic E-state index is 12.9. The number of methoxy groups -OCH3 is 1. The Kier molecular flexibility index (Phi) is 7.70. The quantitative estimate of drug-likeness (QED) is 0.453. The molecule has 3 N–H and O–H groups in total. The number of carbonyl (C=O) groups excluding carboxylic acids is 2. The predicted molar refractivity (Wildman–Crippen MR) is 130 cm³/mol. The number of fused-ring (bicyclic) bond motifs is 3. The Morgan fingerprint density at radius 2 is 1.63 bits per heavy atom. The van der Waals surface area contributed by atoms with Crippen LogP contribution in [0, 0.1) is 11.8 Å². The van der Waals surface area contributed by atoms with E-state index in [2.05, 4.69) is 22.8 Å². The van der Waals surface area contributed by atoms with E-state index in [0.717, 1.165) is 35.1 Å². The van der Waals surface area contributed by atoms with E-state index in [1.807, 2.05) is 36.4 Å². The fourth-order valence-electron chi connectivity index (χ4n) is 4.84. The molecule has 1 fully saturated rings. The number of benzene rings is 2. The largest absolute Gasteiger partial charge is 0.481 e. The van der Waals surface area contributed by atoms with Gasteiger partial charge in [0.25, 0.3) is 0 Å². The normalized spacial score (nSPS) is 17.0.